The van der Waals surface area contributed by atoms with E-state index >= 15 is 0 Å². The van der Waals surface area contributed by atoms with Crippen molar-refractivity contribution < 1.29 is 0 Å². The average Bonchev–Trinajstić information content (AvgIpc) is 2.34. The van der Waals surface area contributed by atoms with Crippen molar-refractivity contribution in [3.63, 3.8) is 0 Å². The molecule has 0 spiro atoms. The molecule has 0 aliphatic heterocycles. The standard InChI is InChI=1S/C13H20BrN3/c1-2-3-9-4-6-10(7-5-9)13-16-8-11(14)12(15)17-13/h8-10H,2-7H2,1H3,(H2,15,16,17). The van der Waals surface area contributed by atoms with Crippen LogP contribution in [0.1, 0.15) is 57.2 Å². The second-order valence-electron chi connectivity index (χ2n) is 4.97. The number of nitrogens with two attached hydrogens (primary N) is 1. The van der Waals surface area contributed by atoms with Crippen LogP contribution >= 0.6 is 15.9 Å². The maximum atomic E-state index is 5.80. The first-order chi connectivity index (χ1) is 8.20. The third kappa shape index (κ3) is 3.18. The van der Waals surface area contributed by atoms with Crippen molar-refractivity contribution in [2.75, 3.05) is 5.73 Å². The first-order valence-corrected chi connectivity index (χ1v) is 7.28. The fourth-order valence-corrected chi connectivity index (χ4v) is 2.90. The molecular weight excluding hydrogens is 278 g/mol. The molecule has 2 rings (SSSR count). The van der Waals surface area contributed by atoms with E-state index in [1.54, 1.807) is 6.20 Å². The fourth-order valence-electron chi connectivity index (χ4n) is 2.71. The molecule has 1 aliphatic carbocycles. The van der Waals surface area contributed by atoms with Gasteiger partial charge < -0.3 is 5.73 Å². The molecule has 0 atom stereocenters. The minimum absolute atomic E-state index is 0.513. The highest BCUT2D eigenvalue weighted by molar-refractivity contribution is 9.10. The summed E-state index contributed by atoms with van der Waals surface area (Å²) in [5.41, 5.74) is 5.80. The summed E-state index contributed by atoms with van der Waals surface area (Å²) < 4.78 is 0.793. The van der Waals surface area contributed by atoms with Crippen LogP contribution in [0.3, 0.4) is 0 Å². The zero-order valence-electron chi connectivity index (χ0n) is 10.3. The molecule has 0 aromatic carbocycles. The summed E-state index contributed by atoms with van der Waals surface area (Å²) in [6, 6.07) is 0. The summed E-state index contributed by atoms with van der Waals surface area (Å²) >= 11 is 3.33. The van der Waals surface area contributed by atoms with Gasteiger partial charge in [0.2, 0.25) is 0 Å². The molecule has 17 heavy (non-hydrogen) atoms. The van der Waals surface area contributed by atoms with E-state index in [1.165, 1.54) is 38.5 Å². The van der Waals surface area contributed by atoms with Crippen molar-refractivity contribution in [1.29, 1.82) is 0 Å². The van der Waals surface area contributed by atoms with Crippen LogP contribution in [0.4, 0.5) is 5.82 Å². The molecule has 0 bridgehead atoms. The Morgan fingerprint density at radius 3 is 2.65 bits per heavy atom. The number of nitrogen functional groups attached to an aromatic ring is 1. The van der Waals surface area contributed by atoms with Gasteiger partial charge in [0.15, 0.2) is 0 Å². The third-order valence-corrected chi connectivity index (χ3v) is 4.31. The maximum Gasteiger partial charge on any atom is 0.141 e. The van der Waals surface area contributed by atoms with Crippen molar-refractivity contribution in [2.24, 2.45) is 5.92 Å². The lowest BCUT2D eigenvalue weighted by atomic mass is 9.80. The minimum Gasteiger partial charge on any atom is -0.383 e. The Kier molecular flexibility index (Phi) is 4.37. The van der Waals surface area contributed by atoms with E-state index in [0.29, 0.717) is 11.7 Å². The van der Waals surface area contributed by atoms with Gasteiger partial charge in [0.05, 0.1) is 4.47 Å². The van der Waals surface area contributed by atoms with Crippen LogP contribution in [0.5, 0.6) is 0 Å². The monoisotopic (exact) mass is 297 g/mol. The maximum absolute atomic E-state index is 5.80. The van der Waals surface area contributed by atoms with E-state index in [0.717, 1.165) is 16.2 Å². The van der Waals surface area contributed by atoms with Crippen molar-refractivity contribution in [1.82, 2.24) is 9.97 Å². The van der Waals surface area contributed by atoms with Gasteiger partial charge in [-0.15, -0.1) is 0 Å². The van der Waals surface area contributed by atoms with Gasteiger partial charge in [-0.3, -0.25) is 0 Å². The molecule has 1 aliphatic rings. The van der Waals surface area contributed by atoms with Gasteiger partial charge in [-0.25, -0.2) is 9.97 Å². The lowest BCUT2D eigenvalue weighted by Crippen LogP contribution is -2.15. The highest BCUT2D eigenvalue weighted by atomic mass is 79.9. The molecule has 94 valence electrons. The summed E-state index contributed by atoms with van der Waals surface area (Å²) in [5, 5.41) is 0. The quantitative estimate of drug-likeness (QED) is 0.921. The van der Waals surface area contributed by atoms with Crippen molar-refractivity contribution in [3.05, 3.63) is 16.5 Å². The molecule has 3 nitrogen and oxygen atoms in total. The predicted octanol–water partition coefficient (Wildman–Crippen LogP) is 3.90. The van der Waals surface area contributed by atoms with Crippen LogP contribution in [0.25, 0.3) is 0 Å². The highest BCUT2D eigenvalue weighted by Crippen LogP contribution is 2.36. The molecule has 1 aromatic rings. The predicted molar refractivity (Wildman–Crippen MR) is 73.8 cm³/mol. The molecule has 0 radical (unpaired) electrons. The van der Waals surface area contributed by atoms with Crippen LogP contribution in [-0.2, 0) is 0 Å². The van der Waals surface area contributed by atoms with Crippen LogP contribution in [0.2, 0.25) is 0 Å². The van der Waals surface area contributed by atoms with Crippen LogP contribution in [-0.4, -0.2) is 9.97 Å². The number of hydrogen-bond acceptors (Lipinski definition) is 3. The Balaban J connectivity index is 1.98. The Labute approximate surface area is 111 Å². The van der Waals surface area contributed by atoms with Gasteiger partial charge in [0.1, 0.15) is 11.6 Å². The molecule has 1 fully saturated rings. The first kappa shape index (κ1) is 12.8. The minimum atomic E-state index is 0.513. The van der Waals surface area contributed by atoms with E-state index in [4.69, 9.17) is 5.73 Å². The van der Waals surface area contributed by atoms with Crippen molar-refractivity contribution >= 4 is 21.7 Å². The lowest BCUT2D eigenvalue weighted by Gasteiger charge is -2.27. The zero-order valence-corrected chi connectivity index (χ0v) is 11.9. The van der Waals surface area contributed by atoms with E-state index in [-0.39, 0.29) is 0 Å². The fraction of sp³-hybridized carbons (Fsp3) is 0.692. The number of rotatable bonds is 3. The number of nitrogens with zero attached hydrogens (tertiary/aromatic N) is 2. The van der Waals surface area contributed by atoms with E-state index in [9.17, 15) is 0 Å². The van der Waals surface area contributed by atoms with Gasteiger partial charge in [-0.1, -0.05) is 19.8 Å². The third-order valence-electron chi connectivity index (χ3n) is 3.70. The van der Waals surface area contributed by atoms with Gasteiger partial charge in [0.25, 0.3) is 0 Å². The van der Waals surface area contributed by atoms with E-state index in [1.807, 2.05) is 0 Å². The molecule has 0 amide bonds. The van der Waals surface area contributed by atoms with Gasteiger partial charge >= 0.3 is 0 Å². The van der Waals surface area contributed by atoms with Crippen LogP contribution < -0.4 is 5.73 Å². The smallest absolute Gasteiger partial charge is 0.141 e. The molecule has 0 unspecified atom stereocenters. The molecule has 2 N–H and O–H groups in total. The Bertz CT molecular complexity index is 373. The summed E-state index contributed by atoms with van der Waals surface area (Å²) in [7, 11) is 0. The van der Waals surface area contributed by atoms with E-state index < -0.39 is 0 Å². The summed E-state index contributed by atoms with van der Waals surface area (Å²) in [5.74, 6) is 2.92. The van der Waals surface area contributed by atoms with E-state index in [2.05, 4.69) is 32.8 Å². The summed E-state index contributed by atoms with van der Waals surface area (Å²) in [4.78, 5) is 8.78. The van der Waals surface area contributed by atoms with Crippen molar-refractivity contribution in [3.8, 4) is 0 Å². The molecule has 4 heteroatoms. The second kappa shape index (κ2) is 5.80. The topological polar surface area (TPSA) is 51.8 Å². The first-order valence-electron chi connectivity index (χ1n) is 6.48. The molecule has 1 heterocycles. The number of aromatic nitrogens is 2. The largest absolute Gasteiger partial charge is 0.383 e. The van der Waals surface area contributed by atoms with Crippen LogP contribution in [0, 0.1) is 5.92 Å². The highest BCUT2D eigenvalue weighted by Gasteiger charge is 2.23. The zero-order chi connectivity index (χ0) is 12.3. The van der Waals surface area contributed by atoms with Gasteiger partial charge in [-0.05, 0) is 47.5 Å². The van der Waals surface area contributed by atoms with Gasteiger partial charge in [-0.2, -0.15) is 0 Å². The lowest BCUT2D eigenvalue weighted by molar-refractivity contribution is 0.302. The van der Waals surface area contributed by atoms with Crippen molar-refractivity contribution in [2.45, 2.75) is 51.4 Å². The van der Waals surface area contributed by atoms with Crippen LogP contribution in [0.15, 0.2) is 10.7 Å². The molecule has 1 aromatic heterocycles. The number of anilines is 1. The molecular formula is C13H20BrN3. The number of hydrogen-bond donors (Lipinski definition) is 1. The Hall–Kier alpha value is -0.640. The SMILES string of the molecule is CCCC1CCC(c2ncc(Br)c(N)n2)CC1. The molecule has 0 saturated heterocycles. The molecule has 1 saturated carbocycles. The Morgan fingerprint density at radius 1 is 1.35 bits per heavy atom. The average molecular weight is 298 g/mol. The number of halogens is 1. The van der Waals surface area contributed by atoms with Gasteiger partial charge in [0, 0.05) is 12.1 Å². The second-order valence-corrected chi connectivity index (χ2v) is 5.82. The normalized spacial score (nSPS) is 24.8. The Morgan fingerprint density at radius 2 is 2.06 bits per heavy atom. The summed E-state index contributed by atoms with van der Waals surface area (Å²) in [6.45, 7) is 2.27. The summed E-state index contributed by atoms with van der Waals surface area (Å²) in [6.07, 6.45) is 9.51.